The zero-order valence-corrected chi connectivity index (χ0v) is 9.27. The summed E-state index contributed by atoms with van der Waals surface area (Å²) in [5, 5.41) is 9.01. The molecule has 15 heavy (non-hydrogen) atoms. The maximum atomic E-state index is 11.2. The van der Waals surface area contributed by atoms with Gasteiger partial charge in [-0.25, -0.2) is 4.98 Å². The molecule has 0 amide bonds. The number of aromatic nitrogens is 1. The first-order valence-corrected chi connectivity index (χ1v) is 4.87. The van der Waals surface area contributed by atoms with Gasteiger partial charge in [0.15, 0.2) is 5.78 Å². The summed E-state index contributed by atoms with van der Waals surface area (Å²) in [6.07, 6.45) is 1.60. The highest BCUT2D eigenvalue weighted by Crippen LogP contribution is 2.13. The SMILES string of the molecule is CC(=O)c1ccnc(N(C)C(C)CO)c1. The lowest BCUT2D eigenvalue weighted by Gasteiger charge is -2.24. The molecule has 0 saturated carbocycles. The Morgan fingerprint density at radius 2 is 2.33 bits per heavy atom. The van der Waals surface area contributed by atoms with Crippen molar-refractivity contribution in [2.24, 2.45) is 0 Å². The van der Waals surface area contributed by atoms with Crippen molar-refractivity contribution in [1.29, 1.82) is 0 Å². The Kier molecular flexibility index (Phi) is 3.80. The zero-order chi connectivity index (χ0) is 11.4. The van der Waals surface area contributed by atoms with E-state index in [-0.39, 0.29) is 18.4 Å². The second-order valence-corrected chi connectivity index (χ2v) is 3.60. The van der Waals surface area contributed by atoms with Gasteiger partial charge in [-0.05, 0) is 26.0 Å². The highest BCUT2D eigenvalue weighted by molar-refractivity contribution is 5.94. The van der Waals surface area contributed by atoms with Crippen molar-refractivity contribution in [3.63, 3.8) is 0 Å². The number of carbonyl (C=O) groups is 1. The van der Waals surface area contributed by atoms with Gasteiger partial charge >= 0.3 is 0 Å². The van der Waals surface area contributed by atoms with Gasteiger partial charge in [0, 0.05) is 18.8 Å². The Hall–Kier alpha value is -1.42. The second kappa shape index (κ2) is 4.89. The van der Waals surface area contributed by atoms with Crippen LogP contribution in [0.2, 0.25) is 0 Å². The van der Waals surface area contributed by atoms with Crippen molar-refractivity contribution in [2.75, 3.05) is 18.6 Å². The van der Waals surface area contributed by atoms with Gasteiger partial charge in [-0.1, -0.05) is 0 Å². The molecule has 82 valence electrons. The van der Waals surface area contributed by atoms with Crippen LogP contribution in [0.1, 0.15) is 24.2 Å². The minimum atomic E-state index is -0.0142. The molecule has 1 N–H and O–H groups in total. The molecule has 0 spiro atoms. The van der Waals surface area contributed by atoms with E-state index in [0.29, 0.717) is 11.4 Å². The molecule has 1 unspecified atom stereocenters. The van der Waals surface area contributed by atoms with Gasteiger partial charge in [-0.3, -0.25) is 4.79 Å². The first kappa shape index (κ1) is 11.7. The number of hydrogen-bond acceptors (Lipinski definition) is 4. The fraction of sp³-hybridized carbons (Fsp3) is 0.455. The van der Waals surface area contributed by atoms with E-state index >= 15 is 0 Å². The Morgan fingerprint density at radius 1 is 1.67 bits per heavy atom. The molecule has 0 aliphatic rings. The van der Waals surface area contributed by atoms with Crippen molar-refractivity contribution in [3.05, 3.63) is 23.9 Å². The quantitative estimate of drug-likeness (QED) is 0.753. The molecule has 4 nitrogen and oxygen atoms in total. The lowest BCUT2D eigenvalue weighted by molar-refractivity contribution is 0.101. The van der Waals surface area contributed by atoms with Crippen LogP contribution in [0.25, 0.3) is 0 Å². The molecular weight excluding hydrogens is 192 g/mol. The summed E-state index contributed by atoms with van der Waals surface area (Å²) in [6.45, 7) is 3.47. The monoisotopic (exact) mass is 208 g/mol. The molecule has 4 heteroatoms. The van der Waals surface area contributed by atoms with Crippen LogP contribution in [0.3, 0.4) is 0 Å². The van der Waals surface area contributed by atoms with E-state index in [1.807, 2.05) is 18.9 Å². The molecular formula is C11H16N2O2. The molecule has 1 heterocycles. The van der Waals surface area contributed by atoms with Crippen molar-refractivity contribution in [1.82, 2.24) is 4.98 Å². The Labute approximate surface area is 89.6 Å². The van der Waals surface area contributed by atoms with Crippen molar-refractivity contribution in [2.45, 2.75) is 19.9 Å². The van der Waals surface area contributed by atoms with Crippen molar-refractivity contribution < 1.29 is 9.90 Å². The average Bonchev–Trinajstić information content (AvgIpc) is 2.27. The number of hydrogen-bond donors (Lipinski definition) is 1. The van der Waals surface area contributed by atoms with Gasteiger partial charge < -0.3 is 10.0 Å². The van der Waals surface area contributed by atoms with Crippen LogP contribution in [0.15, 0.2) is 18.3 Å². The summed E-state index contributed by atoms with van der Waals surface area (Å²) >= 11 is 0. The Morgan fingerprint density at radius 3 is 2.87 bits per heavy atom. The third-order valence-corrected chi connectivity index (χ3v) is 2.44. The highest BCUT2D eigenvalue weighted by Gasteiger charge is 2.11. The molecule has 1 aromatic heterocycles. The van der Waals surface area contributed by atoms with Crippen LogP contribution in [-0.4, -0.2) is 35.6 Å². The molecule has 0 radical (unpaired) electrons. The third-order valence-electron chi connectivity index (χ3n) is 2.44. The number of nitrogens with zero attached hydrogens (tertiary/aromatic N) is 2. The summed E-state index contributed by atoms with van der Waals surface area (Å²) in [5.74, 6) is 0.716. The standard InChI is InChI=1S/C11H16N2O2/c1-8(7-14)13(3)11-6-10(9(2)15)4-5-12-11/h4-6,8,14H,7H2,1-3H3. The number of anilines is 1. The average molecular weight is 208 g/mol. The van der Waals surface area contributed by atoms with Gasteiger partial charge in [-0.15, -0.1) is 0 Å². The largest absolute Gasteiger partial charge is 0.394 e. The van der Waals surface area contributed by atoms with Gasteiger partial charge in [0.05, 0.1) is 12.6 Å². The van der Waals surface area contributed by atoms with Gasteiger partial charge in [0.1, 0.15) is 5.82 Å². The zero-order valence-electron chi connectivity index (χ0n) is 9.27. The normalized spacial score (nSPS) is 12.3. The van der Waals surface area contributed by atoms with Crippen LogP contribution in [0.5, 0.6) is 0 Å². The molecule has 1 aromatic rings. The van der Waals surface area contributed by atoms with E-state index < -0.39 is 0 Å². The number of aliphatic hydroxyl groups is 1. The van der Waals surface area contributed by atoms with Crippen LogP contribution < -0.4 is 4.90 Å². The molecule has 0 fully saturated rings. The molecule has 0 bridgehead atoms. The molecule has 0 aliphatic carbocycles. The van der Waals surface area contributed by atoms with Crippen molar-refractivity contribution in [3.8, 4) is 0 Å². The number of Topliss-reactive ketones (excluding diaryl/α,β-unsaturated/α-hetero) is 1. The second-order valence-electron chi connectivity index (χ2n) is 3.60. The molecule has 0 saturated heterocycles. The topological polar surface area (TPSA) is 53.4 Å². The van der Waals surface area contributed by atoms with Crippen LogP contribution in [-0.2, 0) is 0 Å². The van der Waals surface area contributed by atoms with Crippen LogP contribution in [0, 0.1) is 0 Å². The first-order valence-electron chi connectivity index (χ1n) is 4.87. The molecule has 0 aromatic carbocycles. The predicted octanol–water partition coefficient (Wildman–Crippen LogP) is 1.10. The lowest BCUT2D eigenvalue weighted by atomic mass is 10.2. The number of pyridine rings is 1. The van der Waals surface area contributed by atoms with Crippen LogP contribution in [0.4, 0.5) is 5.82 Å². The van der Waals surface area contributed by atoms with Crippen molar-refractivity contribution >= 4 is 11.6 Å². The molecule has 1 atom stereocenters. The maximum absolute atomic E-state index is 11.2. The van der Waals surface area contributed by atoms with E-state index in [9.17, 15) is 4.79 Å². The maximum Gasteiger partial charge on any atom is 0.159 e. The molecule has 0 aliphatic heterocycles. The van der Waals surface area contributed by atoms with Gasteiger partial charge in [0.2, 0.25) is 0 Å². The van der Waals surface area contributed by atoms with Crippen LogP contribution >= 0.6 is 0 Å². The third kappa shape index (κ3) is 2.76. The lowest BCUT2D eigenvalue weighted by Crippen LogP contribution is -2.32. The number of ketones is 1. The van der Waals surface area contributed by atoms with E-state index in [4.69, 9.17) is 5.11 Å². The fourth-order valence-electron chi connectivity index (χ4n) is 1.18. The number of aliphatic hydroxyl groups excluding tert-OH is 1. The number of likely N-dealkylation sites (N-methyl/N-ethyl adjacent to an activating group) is 1. The van der Waals surface area contributed by atoms with Gasteiger partial charge in [-0.2, -0.15) is 0 Å². The van der Waals surface area contributed by atoms with E-state index in [1.54, 1.807) is 18.3 Å². The fourth-order valence-corrected chi connectivity index (χ4v) is 1.18. The van der Waals surface area contributed by atoms with E-state index in [2.05, 4.69) is 4.98 Å². The number of carbonyl (C=O) groups excluding carboxylic acids is 1. The minimum Gasteiger partial charge on any atom is -0.394 e. The summed E-state index contributed by atoms with van der Waals surface area (Å²) in [6, 6.07) is 3.40. The first-order chi connectivity index (χ1) is 7.06. The highest BCUT2D eigenvalue weighted by atomic mass is 16.3. The summed E-state index contributed by atoms with van der Waals surface area (Å²) in [7, 11) is 1.84. The smallest absolute Gasteiger partial charge is 0.159 e. The Balaban J connectivity index is 2.94. The summed E-state index contributed by atoms with van der Waals surface area (Å²) in [4.78, 5) is 17.2. The summed E-state index contributed by atoms with van der Waals surface area (Å²) in [5.41, 5.74) is 0.636. The van der Waals surface area contributed by atoms with E-state index in [0.717, 1.165) is 0 Å². The predicted molar refractivity (Wildman–Crippen MR) is 59.2 cm³/mol. The molecule has 1 rings (SSSR count). The number of rotatable bonds is 4. The van der Waals surface area contributed by atoms with Gasteiger partial charge in [0.25, 0.3) is 0 Å². The summed E-state index contributed by atoms with van der Waals surface area (Å²) < 4.78 is 0. The Bertz CT molecular complexity index is 352. The minimum absolute atomic E-state index is 0.0142. The van der Waals surface area contributed by atoms with E-state index in [1.165, 1.54) is 6.92 Å².